The summed E-state index contributed by atoms with van der Waals surface area (Å²) in [5, 5.41) is 13.3. The zero-order valence-corrected chi connectivity index (χ0v) is 14.7. The van der Waals surface area contributed by atoms with Crippen LogP contribution in [0.5, 0.6) is 0 Å². The second-order valence-electron chi connectivity index (χ2n) is 5.82. The molecule has 1 N–H and O–H groups in total. The number of aromatic nitrogens is 1. The van der Waals surface area contributed by atoms with Gasteiger partial charge in [0.25, 0.3) is 11.6 Å². The van der Waals surface area contributed by atoms with E-state index in [0.29, 0.717) is 11.1 Å². The van der Waals surface area contributed by atoms with E-state index in [9.17, 15) is 24.5 Å². The number of nitro benzene ring substituents is 1. The molecule has 3 rings (SSSR count). The van der Waals surface area contributed by atoms with Gasteiger partial charge in [0.2, 0.25) is 0 Å². The van der Waals surface area contributed by atoms with E-state index in [1.54, 1.807) is 24.3 Å². The van der Waals surface area contributed by atoms with Crippen molar-refractivity contribution in [2.75, 3.05) is 5.32 Å². The monoisotopic (exact) mass is 385 g/mol. The zero-order chi connectivity index (χ0) is 20.3. The summed E-state index contributed by atoms with van der Waals surface area (Å²) in [6.45, 7) is 0.872. The molecule has 0 unspecified atom stereocenters. The average molecular weight is 385 g/mol. The molecule has 28 heavy (non-hydrogen) atoms. The lowest BCUT2D eigenvalue weighted by atomic mass is 10.2. The number of fused-ring (bicyclic) bond motifs is 1. The van der Waals surface area contributed by atoms with Gasteiger partial charge < -0.3 is 14.5 Å². The van der Waals surface area contributed by atoms with Crippen LogP contribution in [0.2, 0.25) is 0 Å². The van der Waals surface area contributed by atoms with Crippen molar-refractivity contribution >= 4 is 34.4 Å². The van der Waals surface area contributed by atoms with Crippen LogP contribution in [0.3, 0.4) is 0 Å². The number of rotatable bonds is 6. The van der Waals surface area contributed by atoms with Gasteiger partial charge in [0.15, 0.2) is 11.7 Å². The summed E-state index contributed by atoms with van der Waals surface area (Å²) in [6.07, 6.45) is -1.24. The lowest BCUT2D eigenvalue weighted by molar-refractivity contribution is -0.383. The number of hydrogen-bond donors (Lipinski definition) is 1. The molecule has 0 bridgehead atoms. The van der Waals surface area contributed by atoms with Gasteiger partial charge in [-0.05, 0) is 25.1 Å². The quantitative estimate of drug-likeness (QED) is 0.390. The third-order valence-corrected chi connectivity index (χ3v) is 3.90. The molecule has 0 aliphatic rings. The van der Waals surface area contributed by atoms with Crippen LogP contribution in [-0.4, -0.2) is 27.5 Å². The van der Waals surface area contributed by atoms with Crippen LogP contribution in [0.1, 0.15) is 6.92 Å². The van der Waals surface area contributed by atoms with Gasteiger partial charge >= 0.3 is 11.7 Å². The Bertz CT molecular complexity index is 1120. The Balaban J connectivity index is 1.67. The topological polar surface area (TPSA) is 134 Å². The summed E-state index contributed by atoms with van der Waals surface area (Å²) >= 11 is 0. The molecule has 0 radical (unpaired) electrons. The SMILES string of the molecule is C[C@@H](OC(=O)Cn1c(=O)oc2ccccc21)C(=O)Nc1ccccc1[N+](=O)[O-]. The Labute approximate surface area is 157 Å². The minimum Gasteiger partial charge on any atom is -0.451 e. The van der Waals surface area contributed by atoms with Crippen molar-refractivity contribution in [3.05, 3.63) is 69.2 Å². The summed E-state index contributed by atoms with van der Waals surface area (Å²) in [4.78, 5) is 46.6. The van der Waals surface area contributed by atoms with Gasteiger partial charge in [-0.2, -0.15) is 0 Å². The maximum absolute atomic E-state index is 12.2. The number of benzene rings is 2. The van der Waals surface area contributed by atoms with E-state index in [2.05, 4.69) is 5.32 Å². The number of oxazole rings is 1. The van der Waals surface area contributed by atoms with Gasteiger partial charge in [0.05, 0.1) is 10.4 Å². The molecule has 1 aromatic heterocycles. The normalized spacial score (nSPS) is 11.8. The minimum absolute atomic E-state index is 0.0163. The summed E-state index contributed by atoms with van der Waals surface area (Å²) in [5.41, 5.74) is 0.437. The van der Waals surface area contributed by atoms with Crippen molar-refractivity contribution < 1.29 is 23.7 Å². The minimum atomic E-state index is -1.24. The summed E-state index contributed by atoms with van der Waals surface area (Å²) in [5.74, 6) is -2.30. The Hall–Kier alpha value is -3.95. The molecule has 0 saturated heterocycles. The van der Waals surface area contributed by atoms with Crippen LogP contribution in [-0.2, 0) is 20.9 Å². The number of nitrogens with zero attached hydrogens (tertiary/aromatic N) is 2. The molecule has 0 aliphatic carbocycles. The molecule has 0 saturated carbocycles. The number of para-hydroxylation sites is 4. The van der Waals surface area contributed by atoms with Crippen LogP contribution in [0.15, 0.2) is 57.7 Å². The van der Waals surface area contributed by atoms with Crippen molar-refractivity contribution in [3.8, 4) is 0 Å². The fourth-order valence-electron chi connectivity index (χ4n) is 2.55. The maximum Gasteiger partial charge on any atom is 0.420 e. The van der Waals surface area contributed by atoms with Gasteiger partial charge in [0.1, 0.15) is 12.2 Å². The molecule has 10 nitrogen and oxygen atoms in total. The lowest BCUT2D eigenvalue weighted by Gasteiger charge is -2.13. The number of ether oxygens (including phenoxy) is 1. The fraction of sp³-hybridized carbons (Fsp3) is 0.167. The van der Waals surface area contributed by atoms with E-state index in [1.165, 1.54) is 31.2 Å². The van der Waals surface area contributed by atoms with Crippen LogP contribution in [0.4, 0.5) is 11.4 Å². The molecule has 0 spiro atoms. The third-order valence-electron chi connectivity index (χ3n) is 3.90. The molecule has 2 aromatic carbocycles. The van der Waals surface area contributed by atoms with Crippen LogP contribution < -0.4 is 11.1 Å². The molecule has 0 fully saturated rings. The smallest absolute Gasteiger partial charge is 0.420 e. The molecular weight excluding hydrogens is 370 g/mol. The Morgan fingerprint density at radius 3 is 2.64 bits per heavy atom. The van der Waals surface area contributed by atoms with Gasteiger partial charge in [-0.1, -0.05) is 24.3 Å². The number of esters is 1. The van der Waals surface area contributed by atoms with Crippen LogP contribution in [0, 0.1) is 10.1 Å². The number of nitrogens with one attached hydrogen (secondary N) is 1. The van der Waals surface area contributed by atoms with E-state index < -0.39 is 35.2 Å². The van der Waals surface area contributed by atoms with Crippen molar-refractivity contribution in [1.29, 1.82) is 0 Å². The molecule has 3 aromatic rings. The summed E-state index contributed by atoms with van der Waals surface area (Å²) in [7, 11) is 0. The second kappa shape index (κ2) is 7.74. The summed E-state index contributed by atoms with van der Waals surface area (Å²) in [6, 6.07) is 12.1. The number of nitro groups is 1. The molecule has 1 amide bonds. The molecule has 0 aliphatic heterocycles. The number of carbonyl (C=O) groups is 2. The zero-order valence-electron chi connectivity index (χ0n) is 14.7. The lowest BCUT2D eigenvalue weighted by Crippen LogP contribution is -2.32. The van der Waals surface area contributed by atoms with E-state index in [4.69, 9.17) is 9.15 Å². The van der Waals surface area contributed by atoms with Gasteiger partial charge in [-0.3, -0.25) is 24.3 Å². The second-order valence-corrected chi connectivity index (χ2v) is 5.82. The van der Waals surface area contributed by atoms with Crippen molar-refractivity contribution in [2.24, 2.45) is 0 Å². The Morgan fingerprint density at radius 1 is 1.21 bits per heavy atom. The van der Waals surface area contributed by atoms with Crippen LogP contribution in [0.25, 0.3) is 11.1 Å². The number of amides is 1. The summed E-state index contributed by atoms with van der Waals surface area (Å²) < 4.78 is 11.2. The van der Waals surface area contributed by atoms with E-state index >= 15 is 0 Å². The maximum atomic E-state index is 12.2. The third kappa shape index (κ3) is 3.90. The molecule has 144 valence electrons. The average Bonchev–Trinajstić information content (AvgIpc) is 2.97. The first kappa shape index (κ1) is 18.8. The largest absolute Gasteiger partial charge is 0.451 e. The highest BCUT2D eigenvalue weighted by atomic mass is 16.6. The first-order chi connectivity index (χ1) is 13.4. The van der Waals surface area contributed by atoms with Gasteiger partial charge in [0, 0.05) is 6.07 Å². The van der Waals surface area contributed by atoms with Crippen molar-refractivity contribution in [2.45, 2.75) is 19.6 Å². The fourth-order valence-corrected chi connectivity index (χ4v) is 2.55. The predicted molar refractivity (Wildman–Crippen MR) is 97.8 cm³/mol. The highest BCUT2D eigenvalue weighted by molar-refractivity contribution is 5.96. The predicted octanol–water partition coefficient (Wildman–Crippen LogP) is 2.07. The molecule has 10 heteroatoms. The van der Waals surface area contributed by atoms with E-state index in [0.717, 1.165) is 4.57 Å². The van der Waals surface area contributed by atoms with Crippen LogP contribution >= 0.6 is 0 Å². The van der Waals surface area contributed by atoms with Gasteiger partial charge in [-0.15, -0.1) is 0 Å². The highest BCUT2D eigenvalue weighted by Gasteiger charge is 2.22. The Kier molecular flexibility index (Phi) is 5.21. The number of hydrogen-bond acceptors (Lipinski definition) is 7. The van der Waals surface area contributed by atoms with Crippen molar-refractivity contribution in [1.82, 2.24) is 4.57 Å². The number of carbonyl (C=O) groups excluding carboxylic acids is 2. The van der Waals surface area contributed by atoms with Gasteiger partial charge in [-0.25, -0.2) is 4.79 Å². The highest BCUT2D eigenvalue weighted by Crippen LogP contribution is 2.23. The molecule has 1 heterocycles. The van der Waals surface area contributed by atoms with E-state index in [1.807, 2.05) is 0 Å². The van der Waals surface area contributed by atoms with E-state index in [-0.39, 0.29) is 11.4 Å². The van der Waals surface area contributed by atoms with Crippen molar-refractivity contribution in [3.63, 3.8) is 0 Å². The molecular formula is C18H15N3O7. The first-order valence-corrected chi connectivity index (χ1v) is 8.19. The number of anilines is 1. The standard InChI is InChI=1S/C18H15N3O7/c1-11(17(23)19-12-6-2-3-7-13(12)21(25)26)27-16(22)10-20-14-8-4-5-9-15(14)28-18(20)24/h2-9,11H,10H2,1H3,(H,19,23)/t11-/m1/s1. The molecule has 1 atom stereocenters. The Morgan fingerprint density at radius 2 is 1.89 bits per heavy atom. The first-order valence-electron chi connectivity index (χ1n) is 8.19.